The molecule has 0 heterocycles. The van der Waals surface area contributed by atoms with Crippen LogP contribution in [0.1, 0.15) is 220 Å². The number of rotatable bonds is 36. The minimum Gasteiger partial charge on any atom is -0.462 e. The van der Waals surface area contributed by atoms with E-state index in [-0.39, 0.29) is 31.1 Å². The summed E-state index contributed by atoms with van der Waals surface area (Å²) in [5, 5.41) is 0. The molecule has 0 rings (SSSR count). The number of unbranched alkanes of at least 4 members (excludes halogenated alkanes) is 23. The zero-order valence-electron chi connectivity index (χ0n) is 31.7. The van der Waals surface area contributed by atoms with Gasteiger partial charge in [0, 0.05) is 19.3 Å². The smallest absolute Gasteiger partial charge is 0.306 e. The van der Waals surface area contributed by atoms with E-state index < -0.39 is 6.10 Å². The largest absolute Gasteiger partial charge is 0.462 e. The molecule has 0 bridgehead atoms. The molecule has 47 heavy (non-hydrogen) atoms. The van der Waals surface area contributed by atoms with Crippen LogP contribution in [0.3, 0.4) is 0 Å². The summed E-state index contributed by atoms with van der Waals surface area (Å²) in [7, 11) is 0. The molecule has 0 aromatic heterocycles. The second-order valence-electron chi connectivity index (χ2n) is 14.4. The van der Waals surface area contributed by atoms with Crippen LogP contribution in [0.2, 0.25) is 0 Å². The van der Waals surface area contributed by atoms with E-state index in [0.29, 0.717) is 19.3 Å². The number of ether oxygens (including phenoxy) is 3. The van der Waals surface area contributed by atoms with Crippen molar-refractivity contribution in [1.82, 2.24) is 0 Å². The van der Waals surface area contributed by atoms with Gasteiger partial charge in [-0.1, -0.05) is 182 Å². The summed E-state index contributed by atoms with van der Waals surface area (Å²) in [4.78, 5) is 37.2. The topological polar surface area (TPSA) is 78.9 Å². The van der Waals surface area contributed by atoms with Crippen LogP contribution in [0.4, 0.5) is 0 Å². The maximum atomic E-state index is 12.5. The number of carbonyl (C=O) groups excluding carboxylic acids is 3. The molecule has 0 aromatic carbocycles. The SMILES string of the molecule is CCCCCCCCCCCCCCCCC(=O)OC[C@@H](COC(=O)CCCCCCCCCC(C)C)OC(=O)CCCCCCC. The fraction of sp³-hybridized carbons (Fsp3) is 0.927. The average Bonchev–Trinajstić information content (AvgIpc) is 3.05. The van der Waals surface area contributed by atoms with Crippen molar-refractivity contribution in [3.05, 3.63) is 0 Å². The Labute approximate surface area is 291 Å². The van der Waals surface area contributed by atoms with Gasteiger partial charge in [0.05, 0.1) is 0 Å². The predicted molar refractivity (Wildman–Crippen MR) is 196 cm³/mol. The van der Waals surface area contributed by atoms with Crippen LogP contribution in [0.5, 0.6) is 0 Å². The summed E-state index contributed by atoms with van der Waals surface area (Å²) in [5.74, 6) is -0.0964. The first-order valence-corrected chi connectivity index (χ1v) is 20.4. The van der Waals surface area contributed by atoms with E-state index in [1.54, 1.807) is 0 Å². The molecule has 1 atom stereocenters. The van der Waals surface area contributed by atoms with Crippen molar-refractivity contribution >= 4 is 17.9 Å². The van der Waals surface area contributed by atoms with E-state index in [9.17, 15) is 14.4 Å². The summed E-state index contributed by atoms with van der Waals surface area (Å²) >= 11 is 0. The summed E-state index contributed by atoms with van der Waals surface area (Å²) in [5.41, 5.74) is 0. The lowest BCUT2D eigenvalue weighted by molar-refractivity contribution is -0.167. The van der Waals surface area contributed by atoms with Gasteiger partial charge in [0.15, 0.2) is 6.10 Å². The zero-order valence-corrected chi connectivity index (χ0v) is 31.7. The van der Waals surface area contributed by atoms with Gasteiger partial charge in [-0.3, -0.25) is 14.4 Å². The number of hydrogen-bond donors (Lipinski definition) is 0. The first kappa shape index (κ1) is 45.4. The molecule has 0 radical (unpaired) electrons. The lowest BCUT2D eigenvalue weighted by Crippen LogP contribution is -2.30. The molecule has 0 N–H and O–H groups in total. The maximum Gasteiger partial charge on any atom is 0.306 e. The molecule has 0 amide bonds. The molecule has 0 aliphatic carbocycles. The third-order valence-electron chi connectivity index (χ3n) is 9.04. The van der Waals surface area contributed by atoms with Gasteiger partial charge < -0.3 is 14.2 Å². The van der Waals surface area contributed by atoms with Gasteiger partial charge in [-0.15, -0.1) is 0 Å². The monoisotopic (exact) mass is 667 g/mol. The standard InChI is InChI=1S/C41H78O6/c1-5-7-9-11-12-13-14-15-16-17-18-21-25-28-32-39(42)45-35-38(47-41(44)34-30-23-10-8-6-2)36-46-40(43)33-29-26-22-19-20-24-27-31-37(3)4/h37-38H,5-36H2,1-4H3/t38-/m0/s1. The Morgan fingerprint density at radius 3 is 1.04 bits per heavy atom. The lowest BCUT2D eigenvalue weighted by atomic mass is 10.0. The molecule has 0 aromatic rings. The van der Waals surface area contributed by atoms with Gasteiger partial charge in [0.1, 0.15) is 13.2 Å². The fourth-order valence-corrected chi connectivity index (χ4v) is 5.92. The second kappa shape index (κ2) is 35.7. The zero-order chi connectivity index (χ0) is 34.6. The highest BCUT2D eigenvalue weighted by molar-refractivity contribution is 5.71. The number of esters is 3. The molecule has 0 unspecified atom stereocenters. The lowest BCUT2D eigenvalue weighted by Gasteiger charge is -2.18. The third kappa shape index (κ3) is 35.5. The van der Waals surface area contributed by atoms with Crippen LogP contribution in [0.15, 0.2) is 0 Å². The molecular formula is C41H78O6. The summed E-state index contributed by atoms with van der Waals surface area (Å²) < 4.78 is 16.5. The Morgan fingerprint density at radius 1 is 0.404 bits per heavy atom. The third-order valence-corrected chi connectivity index (χ3v) is 9.04. The minimum absolute atomic E-state index is 0.0664. The van der Waals surface area contributed by atoms with Crippen LogP contribution < -0.4 is 0 Å². The average molecular weight is 667 g/mol. The quantitative estimate of drug-likeness (QED) is 0.0376. The first-order chi connectivity index (χ1) is 22.9. The normalized spacial score (nSPS) is 11.9. The van der Waals surface area contributed by atoms with Crippen molar-refractivity contribution in [1.29, 1.82) is 0 Å². The van der Waals surface area contributed by atoms with Gasteiger partial charge in [0.2, 0.25) is 0 Å². The Kier molecular flexibility index (Phi) is 34.5. The molecule has 6 nitrogen and oxygen atoms in total. The molecular weight excluding hydrogens is 588 g/mol. The van der Waals surface area contributed by atoms with E-state index in [2.05, 4.69) is 27.7 Å². The van der Waals surface area contributed by atoms with Crippen molar-refractivity contribution in [2.45, 2.75) is 226 Å². The molecule has 0 aliphatic rings. The fourth-order valence-electron chi connectivity index (χ4n) is 5.92. The number of hydrogen-bond acceptors (Lipinski definition) is 6. The molecule has 278 valence electrons. The first-order valence-electron chi connectivity index (χ1n) is 20.4. The molecule has 0 aliphatic heterocycles. The van der Waals surface area contributed by atoms with Gasteiger partial charge in [-0.25, -0.2) is 0 Å². The van der Waals surface area contributed by atoms with Crippen molar-refractivity contribution < 1.29 is 28.6 Å². The van der Waals surface area contributed by atoms with Gasteiger partial charge in [0.25, 0.3) is 0 Å². The van der Waals surface area contributed by atoms with Gasteiger partial charge in [-0.2, -0.15) is 0 Å². The van der Waals surface area contributed by atoms with Crippen molar-refractivity contribution in [2.75, 3.05) is 13.2 Å². The van der Waals surface area contributed by atoms with E-state index in [1.165, 1.54) is 109 Å². The van der Waals surface area contributed by atoms with Crippen LogP contribution in [-0.4, -0.2) is 37.2 Å². The second-order valence-corrected chi connectivity index (χ2v) is 14.4. The van der Waals surface area contributed by atoms with Crippen LogP contribution in [-0.2, 0) is 28.6 Å². The maximum absolute atomic E-state index is 12.5. The minimum atomic E-state index is -0.756. The van der Waals surface area contributed by atoms with Crippen LogP contribution in [0.25, 0.3) is 0 Å². The Balaban J connectivity index is 4.18. The predicted octanol–water partition coefficient (Wildman–Crippen LogP) is 12.4. The van der Waals surface area contributed by atoms with Crippen LogP contribution >= 0.6 is 0 Å². The highest BCUT2D eigenvalue weighted by atomic mass is 16.6. The van der Waals surface area contributed by atoms with Gasteiger partial charge in [-0.05, 0) is 25.2 Å². The molecule has 0 saturated carbocycles. The van der Waals surface area contributed by atoms with E-state index in [0.717, 1.165) is 70.1 Å². The molecule has 0 saturated heterocycles. The van der Waals surface area contributed by atoms with Crippen LogP contribution in [0, 0.1) is 5.92 Å². The van der Waals surface area contributed by atoms with E-state index >= 15 is 0 Å². The Morgan fingerprint density at radius 2 is 0.702 bits per heavy atom. The van der Waals surface area contributed by atoms with E-state index in [4.69, 9.17) is 14.2 Å². The van der Waals surface area contributed by atoms with Crippen molar-refractivity contribution in [2.24, 2.45) is 5.92 Å². The molecule has 0 spiro atoms. The Hall–Kier alpha value is -1.59. The summed E-state index contributed by atoms with van der Waals surface area (Å²) in [6.45, 7) is 8.84. The van der Waals surface area contributed by atoms with E-state index in [1.807, 2.05) is 0 Å². The Bertz CT molecular complexity index is 706. The van der Waals surface area contributed by atoms with Crippen molar-refractivity contribution in [3.8, 4) is 0 Å². The number of carbonyl (C=O) groups is 3. The highest BCUT2D eigenvalue weighted by Gasteiger charge is 2.19. The summed E-state index contributed by atoms with van der Waals surface area (Å²) in [6.07, 6.45) is 32.7. The van der Waals surface area contributed by atoms with Gasteiger partial charge >= 0.3 is 17.9 Å². The highest BCUT2D eigenvalue weighted by Crippen LogP contribution is 2.15. The van der Waals surface area contributed by atoms with Crippen molar-refractivity contribution in [3.63, 3.8) is 0 Å². The molecule has 0 fully saturated rings. The molecule has 6 heteroatoms. The summed E-state index contributed by atoms with van der Waals surface area (Å²) in [6, 6.07) is 0.